The molecule has 1 aromatic heterocycles. The fourth-order valence-electron chi connectivity index (χ4n) is 3.64. The lowest BCUT2D eigenvalue weighted by atomic mass is 10.1. The SMILES string of the molecule is Cc1ccc(Oc2ccc(Cc3nsc(N4CCCN(C(=O)CS(=O)(=O)Cl)CC4)n3)cc2)cc1. The maximum atomic E-state index is 12.2. The van der Waals surface area contributed by atoms with E-state index in [0.717, 1.165) is 34.6 Å². The molecule has 1 saturated heterocycles. The number of carbonyl (C=O) groups is 1. The Balaban J connectivity index is 1.32. The van der Waals surface area contributed by atoms with Crippen molar-refractivity contribution >= 4 is 42.3 Å². The molecule has 0 radical (unpaired) electrons. The summed E-state index contributed by atoms with van der Waals surface area (Å²) in [6, 6.07) is 15.8. The fraction of sp³-hybridized carbons (Fsp3) is 0.348. The molecule has 0 atom stereocenters. The molecule has 1 amide bonds. The molecular formula is C23H25ClN4O4S2. The van der Waals surface area contributed by atoms with Crippen LogP contribution in [0.4, 0.5) is 5.13 Å². The Labute approximate surface area is 207 Å². The highest BCUT2D eigenvalue weighted by atomic mass is 35.7. The fourth-order valence-corrected chi connectivity index (χ4v) is 5.14. The lowest BCUT2D eigenvalue weighted by Gasteiger charge is -2.21. The standard InChI is InChI=1S/C23H25ClN4O4S2/c1-17-3-7-19(8-4-17)32-20-9-5-18(6-10-20)15-21-25-23(33-26-21)28-12-2-11-27(13-14-28)22(29)16-34(24,30)31/h3-10H,2,11-16H2,1H3. The number of hydrogen-bond acceptors (Lipinski definition) is 8. The lowest BCUT2D eigenvalue weighted by molar-refractivity contribution is -0.128. The molecule has 0 N–H and O–H groups in total. The van der Waals surface area contributed by atoms with Crippen molar-refractivity contribution in [3.05, 3.63) is 65.5 Å². The van der Waals surface area contributed by atoms with Crippen LogP contribution in [0.3, 0.4) is 0 Å². The molecule has 0 bridgehead atoms. The van der Waals surface area contributed by atoms with Gasteiger partial charge in [-0.05, 0) is 43.2 Å². The minimum Gasteiger partial charge on any atom is -0.457 e. The molecule has 2 heterocycles. The Morgan fingerprint density at radius 1 is 1.03 bits per heavy atom. The lowest BCUT2D eigenvalue weighted by Crippen LogP contribution is -2.38. The number of carbonyl (C=O) groups excluding carboxylic acids is 1. The second-order valence-electron chi connectivity index (χ2n) is 8.13. The van der Waals surface area contributed by atoms with Crippen LogP contribution in [0.25, 0.3) is 0 Å². The number of benzene rings is 2. The maximum absolute atomic E-state index is 12.2. The second-order valence-corrected chi connectivity index (χ2v) is 11.6. The van der Waals surface area contributed by atoms with Crippen molar-refractivity contribution in [2.45, 2.75) is 19.8 Å². The first kappa shape index (κ1) is 24.4. The monoisotopic (exact) mass is 520 g/mol. The van der Waals surface area contributed by atoms with Gasteiger partial charge in [0.05, 0.1) is 0 Å². The van der Waals surface area contributed by atoms with E-state index in [0.29, 0.717) is 32.5 Å². The molecule has 2 aromatic carbocycles. The number of aromatic nitrogens is 2. The van der Waals surface area contributed by atoms with Crippen molar-refractivity contribution in [1.82, 2.24) is 14.3 Å². The molecule has 3 aromatic rings. The summed E-state index contributed by atoms with van der Waals surface area (Å²) >= 11 is 1.33. The summed E-state index contributed by atoms with van der Waals surface area (Å²) in [6.45, 7) is 4.23. The minimum absolute atomic E-state index is 0.419. The molecule has 11 heteroatoms. The third-order valence-electron chi connectivity index (χ3n) is 5.41. The predicted molar refractivity (Wildman–Crippen MR) is 133 cm³/mol. The normalized spacial score (nSPS) is 14.6. The van der Waals surface area contributed by atoms with Crippen LogP contribution in [0.15, 0.2) is 48.5 Å². The third kappa shape index (κ3) is 6.91. The van der Waals surface area contributed by atoms with Crippen molar-refractivity contribution in [2.75, 3.05) is 36.8 Å². The molecule has 0 unspecified atom stereocenters. The summed E-state index contributed by atoms with van der Waals surface area (Å²) in [5.74, 6) is 1.16. The molecule has 0 spiro atoms. The van der Waals surface area contributed by atoms with Crippen LogP contribution in [0.2, 0.25) is 0 Å². The van der Waals surface area contributed by atoms with Gasteiger partial charge in [-0.2, -0.15) is 4.37 Å². The molecular weight excluding hydrogens is 496 g/mol. The smallest absolute Gasteiger partial charge is 0.241 e. The van der Waals surface area contributed by atoms with E-state index in [2.05, 4.69) is 14.3 Å². The minimum atomic E-state index is -3.86. The Kier molecular flexibility index (Phi) is 7.70. The number of anilines is 1. The number of hydrogen-bond donors (Lipinski definition) is 0. The second kappa shape index (κ2) is 10.7. The first-order valence-corrected chi connectivity index (χ1v) is 14.1. The molecule has 1 fully saturated rings. The molecule has 34 heavy (non-hydrogen) atoms. The van der Waals surface area contributed by atoms with Crippen molar-refractivity contribution in [1.29, 1.82) is 0 Å². The van der Waals surface area contributed by atoms with E-state index in [9.17, 15) is 13.2 Å². The zero-order valence-corrected chi connectivity index (χ0v) is 21.1. The highest BCUT2D eigenvalue weighted by Gasteiger charge is 2.24. The van der Waals surface area contributed by atoms with Gasteiger partial charge >= 0.3 is 0 Å². The molecule has 0 saturated carbocycles. The maximum Gasteiger partial charge on any atom is 0.241 e. The van der Waals surface area contributed by atoms with Crippen LogP contribution in [0, 0.1) is 6.92 Å². The van der Waals surface area contributed by atoms with Crippen molar-refractivity contribution in [2.24, 2.45) is 0 Å². The summed E-state index contributed by atoms with van der Waals surface area (Å²) in [4.78, 5) is 20.5. The number of rotatable bonds is 7. The summed E-state index contributed by atoms with van der Waals surface area (Å²) in [7, 11) is 1.36. The van der Waals surface area contributed by atoms with Gasteiger partial charge in [0.15, 0.2) is 0 Å². The Morgan fingerprint density at radius 3 is 2.38 bits per heavy atom. The van der Waals surface area contributed by atoms with E-state index >= 15 is 0 Å². The van der Waals surface area contributed by atoms with Gasteiger partial charge in [0.2, 0.25) is 20.1 Å². The van der Waals surface area contributed by atoms with Gasteiger partial charge in [-0.1, -0.05) is 29.8 Å². The predicted octanol–water partition coefficient (Wildman–Crippen LogP) is 3.84. The van der Waals surface area contributed by atoms with Crippen molar-refractivity contribution in [3.63, 3.8) is 0 Å². The number of halogens is 1. The van der Waals surface area contributed by atoms with Gasteiger partial charge < -0.3 is 14.5 Å². The summed E-state index contributed by atoms with van der Waals surface area (Å²) in [5.41, 5.74) is 2.26. The number of ether oxygens (including phenoxy) is 1. The van der Waals surface area contributed by atoms with Gasteiger partial charge in [-0.15, -0.1) is 0 Å². The average molecular weight is 521 g/mol. The zero-order chi connectivity index (χ0) is 24.1. The molecule has 0 aliphatic carbocycles. The van der Waals surface area contributed by atoms with E-state index in [1.54, 1.807) is 4.90 Å². The number of aryl methyl sites for hydroxylation is 1. The van der Waals surface area contributed by atoms with E-state index in [4.69, 9.17) is 15.4 Å². The van der Waals surface area contributed by atoms with Crippen molar-refractivity contribution < 1.29 is 17.9 Å². The van der Waals surface area contributed by atoms with Gasteiger partial charge in [-0.3, -0.25) is 4.79 Å². The average Bonchev–Trinajstić information content (AvgIpc) is 3.10. The first-order chi connectivity index (χ1) is 16.2. The largest absolute Gasteiger partial charge is 0.457 e. The van der Waals surface area contributed by atoms with Crippen LogP contribution in [0.5, 0.6) is 11.5 Å². The van der Waals surface area contributed by atoms with Crippen LogP contribution < -0.4 is 9.64 Å². The van der Waals surface area contributed by atoms with Gasteiger partial charge in [0.25, 0.3) is 0 Å². The van der Waals surface area contributed by atoms with Crippen LogP contribution in [0.1, 0.15) is 23.4 Å². The molecule has 1 aliphatic rings. The number of amides is 1. The number of nitrogens with zero attached hydrogens (tertiary/aromatic N) is 4. The van der Waals surface area contributed by atoms with Crippen LogP contribution >= 0.6 is 22.2 Å². The van der Waals surface area contributed by atoms with E-state index in [-0.39, 0.29) is 0 Å². The van der Waals surface area contributed by atoms with Gasteiger partial charge in [0.1, 0.15) is 23.1 Å². The summed E-state index contributed by atoms with van der Waals surface area (Å²) in [5, 5.41) is 0.800. The highest BCUT2D eigenvalue weighted by Crippen LogP contribution is 2.24. The Morgan fingerprint density at radius 2 is 1.71 bits per heavy atom. The van der Waals surface area contributed by atoms with Crippen LogP contribution in [-0.4, -0.2) is 60.5 Å². The van der Waals surface area contributed by atoms with Crippen molar-refractivity contribution in [3.8, 4) is 11.5 Å². The summed E-state index contributed by atoms with van der Waals surface area (Å²) in [6.07, 6.45) is 1.32. The molecule has 4 rings (SSSR count). The molecule has 8 nitrogen and oxygen atoms in total. The quantitative estimate of drug-likeness (QED) is 0.437. The van der Waals surface area contributed by atoms with Gasteiger partial charge in [0, 0.05) is 54.8 Å². The van der Waals surface area contributed by atoms with E-state index in [1.807, 2.05) is 55.5 Å². The summed E-state index contributed by atoms with van der Waals surface area (Å²) < 4.78 is 32.8. The first-order valence-electron chi connectivity index (χ1n) is 10.9. The topological polar surface area (TPSA) is 92.7 Å². The van der Waals surface area contributed by atoms with Gasteiger partial charge in [-0.25, -0.2) is 13.4 Å². The molecule has 1 aliphatic heterocycles. The Hall–Kier alpha value is -2.69. The van der Waals surface area contributed by atoms with E-state index < -0.39 is 20.7 Å². The molecule has 180 valence electrons. The Bertz CT molecular complexity index is 1230. The highest BCUT2D eigenvalue weighted by molar-refractivity contribution is 8.14. The van der Waals surface area contributed by atoms with Crippen LogP contribution in [-0.2, 0) is 20.3 Å². The van der Waals surface area contributed by atoms with E-state index in [1.165, 1.54) is 17.1 Å². The third-order valence-corrected chi connectivity index (χ3v) is 7.15. The zero-order valence-electron chi connectivity index (χ0n) is 18.7.